The molecule has 0 heterocycles. The van der Waals surface area contributed by atoms with Gasteiger partial charge < -0.3 is 15.2 Å². The minimum Gasteiger partial charge on any atom is -0.490 e. The Morgan fingerprint density at radius 1 is 1.39 bits per heavy atom. The lowest BCUT2D eigenvalue weighted by Gasteiger charge is -2.14. The van der Waals surface area contributed by atoms with E-state index in [0.29, 0.717) is 31.9 Å². The van der Waals surface area contributed by atoms with Gasteiger partial charge in [0.25, 0.3) is 0 Å². The molecule has 3 nitrogen and oxygen atoms in total. The molecule has 0 aliphatic carbocycles. The van der Waals surface area contributed by atoms with E-state index in [1.165, 1.54) is 0 Å². The maximum Gasteiger partial charge on any atom is 0.175 e. The van der Waals surface area contributed by atoms with E-state index in [1.807, 2.05) is 19.1 Å². The third kappa shape index (κ3) is 4.25. The van der Waals surface area contributed by atoms with E-state index in [-0.39, 0.29) is 0 Å². The second-order valence-corrected chi connectivity index (χ2v) is 4.53. The smallest absolute Gasteiger partial charge is 0.175 e. The summed E-state index contributed by atoms with van der Waals surface area (Å²) in [5, 5.41) is 0. The standard InChI is InChI=1S/C14H18BrNO2/c1-3-5-8-18-14-12(15)9-11(6-7-16)10-13(14)17-4-2/h1,9-10H,4-8,16H2,2H3. The van der Waals surface area contributed by atoms with Crippen LogP contribution >= 0.6 is 15.9 Å². The average Bonchev–Trinajstić information content (AvgIpc) is 2.33. The summed E-state index contributed by atoms with van der Waals surface area (Å²) in [5.74, 6) is 3.97. The summed E-state index contributed by atoms with van der Waals surface area (Å²) < 4.78 is 12.1. The molecule has 0 saturated heterocycles. The first-order valence-corrected chi connectivity index (χ1v) is 6.73. The van der Waals surface area contributed by atoms with Crippen molar-refractivity contribution in [1.29, 1.82) is 0 Å². The zero-order valence-electron chi connectivity index (χ0n) is 10.5. The van der Waals surface area contributed by atoms with Crippen molar-refractivity contribution in [3.63, 3.8) is 0 Å². The summed E-state index contributed by atoms with van der Waals surface area (Å²) in [5.41, 5.74) is 6.68. The van der Waals surface area contributed by atoms with Crippen LogP contribution in [0.2, 0.25) is 0 Å². The average molecular weight is 312 g/mol. The van der Waals surface area contributed by atoms with Crippen molar-refractivity contribution in [3.05, 3.63) is 22.2 Å². The van der Waals surface area contributed by atoms with Gasteiger partial charge in [-0.25, -0.2) is 0 Å². The fraction of sp³-hybridized carbons (Fsp3) is 0.429. The van der Waals surface area contributed by atoms with E-state index in [1.54, 1.807) is 0 Å². The first kappa shape index (κ1) is 14.9. The Labute approximate surface area is 117 Å². The molecule has 1 rings (SSSR count). The van der Waals surface area contributed by atoms with Crippen LogP contribution < -0.4 is 15.2 Å². The zero-order chi connectivity index (χ0) is 13.4. The molecule has 1 aromatic carbocycles. The van der Waals surface area contributed by atoms with Crippen molar-refractivity contribution < 1.29 is 9.47 Å². The van der Waals surface area contributed by atoms with Crippen molar-refractivity contribution >= 4 is 15.9 Å². The number of nitrogens with two attached hydrogens (primary N) is 1. The van der Waals surface area contributed by atoms with Crippen molar-refractivity contribution in [2.75, 3.05) is 19.8 Å². The van der Waals surface area contributed by atoms with Gasteiger partial charge in [0.2, 0.25) is 0 Å². The van der Waals surface area contributed by atoms with Crippen LogP contribution in [0.1, 0.15) is 18.9 Å². The van der Waals surface area contributed by atoms with Crippen LogP contribution in [0.3, 0.4) is 0 Å². The maximum absolute atomic E-state index is 5.65. The summed E-state index contributed by atoms with van der Waals surface area (Å²) in [6, 6.07) is 3.97. The van der Waals surface area contributed by atoms with Gasteiger partial charge in [-0.2, -0.15) is 0 Å². The number of benzene rings is 1. The van der Waals surface area contributed by atoms with E-state index in [4.69, 9.17) is 21.6 Å². The fourth-order valence-corrected chi connectivity index (χ4v) is 2.15. The minimum absolute atomic E-state index is 0.478. The van der Waals surface area contributed by atoms with E-state index in [0.717, 1.165) is 22.2 Å². The highest BCUT2D eigenvalue weighted by Crippen LogP contribution is 2.37. The first-order valence-electron chi connectivity index (χ1n) is 5.94. The van der Waals surface area contributed by atoms with Crippen LogP contribution in [0.25, 0.3) is 0 Å². The summed E-state index contributed by atoms with van der Waals surface area (Å²) in [6.45, 7) is 3.61. The topological polar surface area (TPSA) is 44.5 Å². The van der Waals surface area contributed by atoms with Gasteiger partial charge in [-0.05, 0) is 53.5 Å². The van der Waals surface area contributed by atoms with Gasteiger partial charge >= 0.3 is 0 Å². The predicted molar refractivity (Wildman–Crippen MR) is 77.0 cm³/mol. The number of hydrogen-bond donors (Lipinski definition) is 1. The maximum atomic E-state index is 5.65. The molecule has 0 amide bonds. The van der Waals surface area contributed by atoms with Crippen molar-refractivity contribution in [3.8, 4) is 23.8 Å². The van der Waals surface area contributed by atoms with Gasteiger partial charge in [0, 0.05) is 6.42 Å². The molecule has 0 saturated carbocycles. The molecule has 0 aliphatic heterocycles. The van der Waals surface area contributed by atoms with Crippen LogP contribution in [-0.4, -0.2) is 19.8 Å². The third-order valence-electron chi connectivity index (χ3n) is 2.29. The molecule has 0 radical (unpaired) electrons. The normalized spacial score (nSPS) is 9.89. The summed E-state index contributed by atoms with van der Waals surface area (Å²) >= 11 is 3.49. The summed E-state index contributed by atoms with van der Waals surface area (Å²) in [6.07, 6.45) is 6.59. The second kappa shape index (κ2) is 8.02. The molecule has 0 aliphatic rings. The molecule has 0 fully saturated rings. The Hall–Kier alpha value is -1.18. The molecule has 0 unspecified atom stereocenters. The molecule has 0 spiro atoms. The molecule has 2 N–H and O–H groups in total. The van der Waals surface area contributed by atoms with Crippen LogP contribution in [-0.2, 0) is 6.42 Å². The van der Waals surface area contributed by atoms with E-state index in [9.17, 15) is 0 Å². The largest absolute Gasteiger partial charge is 0.490 e. The number of terminal acetylenes is 1. The monoisotopic (exact) mass is 311 g/mol. The highest BCUT2D eigenvalue weighted by molar-refractivity contribution is 9.10. The lowest BCUT2D eigenvalue weighted by Crippen LogP contribution is -2.05. The van der Waals surface area contributed by atoms with Crippen LogP contribution in [0.5, 0.6) is 11.5 Å². The Bertz CT molecular complexity index is 427. The lowest BCUT2D eigenvalue weighted by molar-refractivity contribution is 0.280. The Morgan fingerprint density at radius 2 is 2.17 bits per heavy atom. The minimum atomic E-state index is 0.478. The Morgan fingerprint density at radius 3 is 2.78 bits per heavy atom. The summed E-state index contributed by atoms with van der Waals surface area (Å²) in [7, 11) is 0. The van der Waals surface area contributed by atoms with Crippen LogP contribution in [0.15, 0.2) is 16.6 Å². The molecule has 98 valence electrons. The SMILES string of the molecule is C#CCCOc1c(Br)cc(CCN)cc1OCC. The van der Waals surface area contributed by atoms with Gasteiger partial charge in [-0.15, -0.1) is 12.3 Å². The first-order chi connectivity index (χ1) is 8.72. The Balaban J connectivity index is 2.95. The number of ether oxygens (including phenoxy) is 2. The third-order valence-corrected chi connectivity index (χ3v) is 2.88. The number of rotatable bonds is 7. The second-order valence-electron chi connectivity index (χ2n) is 3.68. The molecule has 0 atom stereocenters. The van der Waals surface area contributed by atoms with Gasteiger partial charge in [0.05, 0.1) is 17.7 Å². The highest BCUT2D eigenvalue weighted by Gasteiger charge is 2.11. The van der Waals surface area contributed by atoms with Gasteiger partial charge in [-0.1, -0.05) is 0 Å². The summed E-state index contributed by atoms with van der Waals surface area (Å²) in [4.78, 5) is 0. The molecule has 0 bridgehead atoms. The van der Waals surface area contributed by atoms with Gasteiger partial charge in [-0.3, -0.25) is 0 Å². The number of hydrogen-bond acceptors (Lipinski definition) is 3. The predicted octanol–water partition coefficient (Wildman–Crippen LogP) is 2.75. The lowest BCUT2D eigenvalue weighted by atomic mass is 10.1. The van der Waals surface area contributed by atoms with E-state index < -0.39 is 0 Å². The molecular formula is C14H18BrNO2. The zero-order valence-corrected chi connectivity index (χ0v) is 12.1. The molecular weight excluding hydrogens is 294 g/mol. The highest BCUT2D eigenvalue weighted by atomic mass is 79.9. The van der Waals surface area contributed by atoms with E-state index >= 15 is 0 Å². The molecule has 4 heteroatoms. The molecule has 18 heavy (non-hydrogen) atoms. The van der Waals surface area contributed by atoms with Gasteiger partial charge in [0.15, 0.2) is 11.5 Å². The van der Waals surface area contributed by atoms with Crippen LogP contribution in [0, 0.1) is 12.3 Å². The van der Waals surface area contributed by atoms with Crippen LogP contribution in [0.4, 0.5) is 0 Å². The molecule has 1 aromatic rings. The number of halogens is 1. The van der Waals surface area contributed by atoms with E-state index in [2.05, 4.69) is 21.9 Å². The van der Waals surface area contributed by atoms with Gasteiger partial charge in [0.1, 0.15) is 0 Å². The quantitative estimate of drug-likeness (QED) is 0.622. The van der Waals surface area contributed by atoms with Crippen molar-refractivity contribution in [2.24, 2.45) is 5.73 Å². The van der Waals surface area contributed by atoms with Crippen molar-refractivity contribution in [2.45, 2.75) is 19.8 Å². The Kier molecular flexibility index (Phi) is 6.63. The molecule has 0 aromatic heterocycles. The fourth-order valence-electron chi connectivity index (χ4n) is 1.55. The van der Waals surface area contributed by atoms with Crippen molar-refractivity contribution in [1.82, 2.24) is 0 Å².